The van der Waals surface area contributed by atoms with Crippen LogP contribution >= 0.6 is 0 Å². The molecule has 1 aromatic carbocycles. The molecule has 0 atom stereocenters. The number of hydrogen-bond donors (Lipinski definition) is 1. The minimum Gasteiger partial charge on any atom is -0.396 e. The molecule has 0 fully saturated rings. The number of aryl methyl sites for hydroxylation is 1. The van der Waals surface area contributed by atoms with Gasteiger partial charge in [0.2, 0.25) is 0 Å². The summed E-state index contributed by atoms with van der Waals surface area (Å²) in [6, 6.07) is 11.3. The Morgan fingerprint density at radius 2 is 1.89 bits per heavy atom. The maximum Gasteiger partial charge on any atom is 0.194 e. The highest BCUT2D eigenvalue weighted by Crippen LogP contribution is 2.19. The first-order chi connectivity index (χ1) is 9.15. The molecule has 0 aliphatic carbocycles. The Balaban J connectivity index is 2.33. The third-order valence-corrected chi connectivity index (χ3v) is 3.39. The Morgan fingerprint density at radius 3 is 2.53 bits per heavy atom. The number of aliphatic hydroxyl groups excluding tert-OH is 1. The molecule has 0 saturated heterocycles. The van der Waals surface area contributed by atoms with Gasteiger partial charge in [0, 0.05) is 35.7 Å². The average molecular weight is 257 g/mol. The van der Waals surface area contributed by atoms with Gasteiger partial charge in [-0.05, 0) is 26.3 Å². The minimum absolute atomic E-state index is 0.0592. The summed E-state index contributed by atoms with van der Waals surface area (Å²) in [5, 5.41) is 8.92. The Labute approximate surface area is 113 Å². The summed E-state index contributed by atoms with van der Waals surface area (Å²) in [6.07, 6.45) is 0.704. The lowest BCUT2D eigenvalue weighted by atomic mass is 10.0. The van der Waals surface area contributed by atoms with E-state index in [1.165, 1.54) is 0 Å². The first-order valence-corrected chi connectivity index (χ1v) is 6.52. The number of carbonyl (C=O) groups is 1. The number of nitrogens with zero attached hydrogens (tertiary/aromatic N) is 1. The third-order valence-electron chi connectivity index (χ3n) is 3.39. The van der Waals surface area contributed by atoms with Gasteiger partial charge >= 0.3 is 0 Å². The molecule has 0 aliphatic heterocycles. The minimum atomic E-state index is 0.0592. The van der Waals surface area contributed by atoms with Crippen LogP contribution in [0.5, 0.6) is 0 Å². The van der Waals surface area contributed by atoms with Crippen LogP contribution in [0.3, 0.4) is 0 Å². The number of benzene rings is 1. The summed E-state index contributed by atoms with van der Waals surface area (Å²) in [5.74, 6) is 0.0592. The highest BCUT2D eigenvalue weighted by Gasteiger charge is 2.16. The van der Waals surface area contributed by atoms with E-state index in [0.717, 1.165) is 23.5 Å². The molecule has 3 heteroatoms. The summed E-state index contributed by atoms with van der Waals surface area (Å²) in [6.45, 7) is 4.86. The molecule has 2 aromatic rings. The largest absolute Gasteiger partial charge is 0.396 e. The predicted molar refractivity (Wildman–Crippen MR) is 75.5 cm³/mol. The molecule has 1 heterocycles. The first kappa shape index (κ1) is 13.6. The zero-order valence-corrected chi connectivity index (χ0v) is 11.4. The van der Waals surface area contributed by atoms with Crippen molar-refractivity contribution in [1.29, 1.82) is 0 Å². The van der Waals surface area contributed by atoms with Gasteiger partial charge in [0.15, 0.2) is 5.78 Å². The van der Waals surface area contributed by atoms with E-state index in [4.69, 9.17) is 5.11 Å². The molecule has 1 aromatic heterocycles. The fourth-order valence-electron chi connectivity index (χ4n) is 2.35. The second kappa shape index (κ2) is 5.85. The molecule has 0 radical (unpaired) electrons. The van der Waals surface area contributed by atoms with Crippen LogP contribution in [0.25, 0.3) is 0 Å². The fourth-order valence-corrected chi connectivity index (χ4v) is 2.35. The fraction of sp³-hybridized carbons (Fsp3) is 0.312. The lowest BCUT2D eigenvalue weighted by Crippen LogP contribution is -2.07. The van der Waals surface area contributed by atoms with E-state index in [1.54, 1.807) is 0 Å². The SMILES string of the molecule is Cc1cc(C(=O)c2ccccc2)c(C)n1CCCO. The molecule has 19 heavy (non-hydrogen) atoms. The maximum atomic E-state index is 12.4. The molecule has 2 rings (SSSR count). The van der Waals surface area contributed by atoms with Gasteiger partial charge in [-0.3, -0.25) is 4.79 Å². The molecule has 0 spiro atoms. The van der Waals surface area contributed by atoms with E-state index < -0.39 is 0 Å². The smallest absolute Gasteiger partial charge is 0.194 e. The zero-order valence-electron chi connectivity index (χ0n) is 11.4. The van der Waals surface area contributed by atoms with Gasteiger partial charge in [0.1, 0.15) is 0 Å². The van der Waals surface area contributed by atoms with Crippen molar-refractivity contribution in [2.75, 3.05) is 6.61 Å². The van der Waals surface area contributed by atoms with Crippen molar-refractivity contribution in [3.8, 4) is 0 Å². The van der Waals surface area contributed by atoms with Gasteiger partial charge in [-0.1, -0.05) is 30.3 Å². The molecule has 0 saturated carbocycles. The van der Waals surface area contributed by atoms with Gasteiger partial charge in [0.05, 0.1) is 0 Å². The van der Waals surface area contributed by atoms with Crippen LogP contribution in [0, 0.1) is 13.8 Å². The molecule has 3 nitrogen and oxygen atoms in total. The van der Waals surface area contributed by atoms with Gasteiger partial charge in [-0.2, -0.15) is 0 Å². The Bertz CT molecular complexity index is 570. The molecule has 0 bridgehead atoms. The van der Waals surface area contributed by atoms with Crippen molar-refractivity contribution in [2.45, 2.75) is 26.8 Å². The van der Waals surface area contributed by atoms with E-state index in [9.17, 15) is 4.79 Å². The molecular weight excluding hydrogens is 238 g/mol. The van der Waals surface area contributed by atoms with E-state index in [0.29, 0.717) is 12.0 Å². The van der Waals surface area contributed by atoms with Crippen molar-refractivity contribution in [1.82, 2.24) is 4.57 Å². The summed E-state index contributed by atoms with van der Waals surface area (Å²) in [7, 11) is 0. The number of aromatic nitrogens is 1. The summed E-state index contributed by atoms with van der Waals surface area (Å²) in [5.41, 5.74) is 3.50. The van der Waals surface area contributed by atoms with Crippen LogP contribution in [0.1, 0.15) is 33.7 Å². The molecular formula is C16H19NO2. The van der Waals surface area contributed by atoms with Crippen LogP contribution < -0.4 is 0 Å². The van der Waals surface area contributed by atoms with E-state index >= 15 is 0 Å². The van der Waals surface area contributed by atoms with Crippen LogP contribution in [0.4, 0.5) is 0 Å². The molecule has 0 amide bonds. The standard InChI is InChI=1S/C16H19NO2/c1-12-11-15(13(2)17(12)9-6-10-18)16(19)14-7-4-3-5-8-14/h3-5,7-8,11,18H,6,9-10H2,1-2H3. The zero-order chi connectivity index (χ0) is 13.8. The summed E-state index contributed by atoms with van der Waals surface area (Å²) < 4.78 is 2.09. The van der Waals surface area contributed by atoms with Crippen LogP contribution in [0.2, 0.25) is 0 Å². The topological polar surface area (TPSA) is 42.2 Å². The number of rotatable bonds is 5. The van der Waals surface area contributed by atoms with E-state index in [-0.39, 0.29) is 12.4 Å². The van der Waals surface area contributed by atoms with Crippen LogP contribution in [-0.2, 0) is 6.54 Å². The van der Waals surface area contributed by atoms with Crippen molar-refractivity contribution in [3.63, 3.8) is 0 Å². The molecule has 100 valence electrons. The van der Waals surface area contributed by atoms with E-state index in [2.05, 4.69) is 4.57 Å². The number of aliphatic hydroxyl groups is 1. The Hall–Kier alpha value is -1.87. The van der Waals surface area contributed by atoms with Gasteiger partial charge in [0.25, 0.3) is 0 Å². The average Bonchev–Trinajstić information content (AvgIpc) is 2.72. The first-order valence-electron chi connectivity index (χ1n) is 6.52. The third kappa shape index (κ3) is 2.76. The van der Waals surface area contributed by atoms with Crippen molar-refractivity contribution in [2.24, 2.45) is 0 Å². The Morgan fingerprint density at radius 1 is 1.21 bits per heavy atom. The highest BCUT2D eigenvalue weighted by atomic mass is 16.3. The van der Waals surface area contributed by atoms with Crippen molar-refractivity contribution < 1.29 is 9.90 Å². The lowest BCUT2D eigenvalue weighted by Gasteiger charge is -2.08. The second-order valence-corrected chi connectivity index (χ2v) is 4.71. The molecule has 0 unspecified atom stereocenters. The van der Waals surface area contributed by atoms with Gasteiger partial charge in [-0.25, -0.2) is 0 Å². The maximum absolute atomic E-state index is 12.4. The van der Waals surface area contributed by atoms with Crippen LogP contribution in [0.15, 0.2) is 36.4 Å². The normalized spacial score (nSPS) is 10.7. The van der Waals surface area contributed by atoms with Crippen molar-refractivity contribution in [3.05, 3.63) is 58.9 Å². The molecule has 1 N–H and O–H groups in total. The highest BCUT2D eigenvalue weighted by molar-refractivity contribution is 6.09. The van der Waals surface area contributed by atoms with E-state index in [1.807, 2.05) is 50.2 Å². The van der Waals surface area contributed by atoms with Crippen molar-refractivity contribution >= 4 is 5.78 Å². The second-order valence-electron chi connectivity index (χ2n) is 4.71. The van der Waals surface area contributed by atoms with Crippen LogP contribution in [-0.4, -0.2) is 22.1 Å². The predicted octanol–water partition coefficient (Wildman–Crippen LogP) is 2.72. The number of hydrogen-bond acceptors (Lipinski definition) is 2. The number of carbonyl (C=O) groups excluding carboxylic acids is 1. The summed E-state index contributed by atoms with van der Waals surface area (Å²) >= 11 is 0. The number of ketones is 1. The summed E-state index contributed by atoms with van der Waals surface area (Å²) in [4.78, 5) is 12.4. The quantitative estimate of drug-likeness (QED) is 0.837. The van der Waals surface area contributed by atoms with Gasteiger partial charge in [-0.15, -0.1) is 0 Å². The Kier molecular flexibility index (Phi) is 4.17. The lowest BCUT2D eigenvalue weighted by molar-refractivity contribution is 0.103. The molecule has 0 aliphatic rings. The monoisotopic (exact) mass is 257 g/mol. The van der Waals surface area contributed by atoms with Gasteiger partial charge < -0.3 is 9.67 Å².